The van der Waals surface area contributed by atoms with Gasteiger partial charge >= 0.3 is 0 Å². The van der Waals surface area contributed by atoms with Gasteiger partial charge in [-0.05, 0) is 18.6 Å². The third-order valence-electron chi connectivity index (χ3n) is 2.35. The van der Waals surface area contributed by atoms with E-state index in [-0.39, 0.29) is 11.3 Å². The molecule has 0 saturated carbocycles. The fourth-order valence-electron chi connectivity index (χ4n) is 1.60. The van der Waals surface area contributed by atoms with E-state index >= 15 is 0 Å². The SMILES string of the molecule is COc1cc2c(C)cc(=O)[nH]c2cc1O. The van der Waals surface area contributed by atoms with Gasteiger partial charge in [-0.3, -0.25) is 4.79 Å². The molecule has 0 atom stereocenters. The number of phenols is 1. The molecule has 1 aromatic heterocycles. The van der Waals surface area contributed by atoms with Gasteiger partial charge in [-0.1, -0.05) is 0 Å². The second kappa shape index (κ2) is 3.31. The molecule has 0 fully saturated rings. The first-order chi connectivity index (χ1) is 7.11. The standard InChI is InChI=1S/C11H11NO3/c1-6-3-11(14)12-8-5-9(13)10(15-2)4-7(6)8/h3-5,13H,1-2H3,(H,12,14). The Kier molecular flexibility index (Phi) is 2.11. The maximum atomic E-state index is 11.2. The van der Waals surface area contributed by atoms with Crippen LogP contribution in [0.2, 0.25) is 0 Å². The summed E-state index contributed by atoms with van der Waals surface area (Å²) < 4.78 is 5.00. The Balaban J connectivity index is 2.87. The van der Waals surface area contributed by atoms with Gasteiger partial charge in [-0.2, -0.15) is 0 Å². The first kappa shape index (κ1) is 9.58. The van der Waals surface area contributed by atoms with Crippen LogP contribution in [0.15, 0.2) is 23.0 Å². The van der Waals surface area contributed by atoms with Gasteiger partial charge in [0.05, 0.1) is 12.6 Å². The quantitative estimate of drug-likeness (QED) is 0.742. The maximum absolute atomic E-state index is 11.2. The van der Waals surface area contributed by atoms with E-state index in [0.29, 0.717) is 11.3 Å². The zero-order chi connectivity index (χ0) is 11.0. The molecule has 4 nitrogen and oxygen atoms in total. The van der Waals surface area contributed by atoms with E-state index in [0.717, 1.165) is 10.9 Å². The minimum Gasteiger partial charge on any atom is -0.504 e. The number of H-pyrrole nitrogens is 1. The fraction of sp³-hybridized carbons (Fsp3) is 0.182. The van der Waals surface area contributed by atoms with Crippen molar-refractivity contribution in [3.8, 4) is 11.5 Å². The van der Waals surface area contributed by atoms with Gasteiger partial charge in [0, 0.05) is 17.5 Å². The molecule has 15 heavy (non-hydrogen) atoms. The number of aromatic nitrogens is 1. The molecule has 0 saturated heterocycles. The van der Waals surface area contributed by atoms with Crippen LogP contribution < -0.4 is 10.3 Å². The Bertz CT molecular complexity index is 572. The minimum absolute atomic E-state index is 0.0197. The summed E-state index contributed by atoms with van der Waals surface area (Å²) in [6, 6.07) is 4.71. The second-order valence-electron chi connectivity index (χ2n) is 3.39. The van der Waals surface area contributed by atoms with Crippen molar-refractivity contribution in [1.82, 2.24) is 4.98 Å². The number of aryl methyl sites for hydroxylation is 1. The number of rotatable bonds is 1. The number of aromatic amines is 1. The van der Waals surface area contributed by atoms with Gasteiger partial charge < -0.3 is 14.8 Å². The normalized spacial score (nSPS) is 10.5. The molecule has 0 bridgehead atoms. The fourth-order valence-corrected chi connectivity index (χ4v) is 1.60. The molecular formula is C11H11NO3. The average Bonchev–Trinajstić information content (AvgIpc) is 2.16. The number of phenolic OH excluding ortho intramolecular Hbond substituents is 1. The summed E-state index contributed by atoms with van der Waals surface area (Å²) >= 11 is 0. The summed E-state index contributed by atoms with van der Waals surface area (Å²) in [5, 5.41) is 10.4. The Morgan fingerprint density at radius 1 is 1.33 bits per heavy atom. The lowest BCUT2D eigenvalue weighted by Gasteiger charge is -2.06. The van der Waals surface area contributed by atoms with Crippen molar-refractivity contribution in [1.29, 1.82) is 0 Å². The van der Waals surface area contributed by atoms with E-state index in [1.165, 1.54) is 19.2 Å². The number of fused-ring (bicyclic) bond motifs is 1. The van der Waals surface area contributed by atoms with Crippen LogP contribution in [0.4, 0.5) is 0 Å². The lowest BCUT2D eigenvalue weighted by Crippen LogP contribution is -2.04. The predicted octanol–water partition coefficient (Wildman–Crippen LogP) is 1.55. The number of ether oxygens (including phenoxy) is 1. The number of methoxy groups -OCH3 is 1. The lowest BCUT2D eigenvalue weighted by molar-refractivity contribution is 0.374. The first-order valence-electron chi connectivity index (χ1n) is 4.52. The van der Waals surface area contributed by atoms with E-state index in [1.807, 2.05) is 6.92 Å². The number of hydrogen-bond acceptors (Lipinski definition) is 3. The van der Waals surface area contributed by atoms with Crippen molar-refractivity contribution < 1.29 is 9.84 Å². The molecular weight excluding hydrogens is 194 g/mol. The molecule has 2 aromatic rings. The van der Waals surface area contributed by atoms with Gasteiger partial charge in [0.1, 0.15) is 0 Å². The Morgan fingerprint density at radius 3 is 2.73 bits per heavy atom. The molecule has 0 amide bonds. The summed E-state index contributed by atoms with van der Waals surface area (Å²) in [5.74, 6) is 0.420. The van der Waals surface area contributed by atoms with Crippen molar-refractivity contribution in [3.05, 3.63) is 34.1 Å². The molecule has 1 aromatic carbocycles. The zero-order valence-electron chi connectivity index (χ0n) is 8.50. The Labute approximate surface area is 86.1 Å². The summed E-state index contributed by atoms with van der Waals surface area (Å²) in [4.78, 5) is 13.9. The van der Waals surface area contributed by atoms with Crippen LogP contribution in [0.25, 0.3) is 10.9 Å². The highest BCUT2D eigenvalue weighted by atomic mass is 16.5. The highest BCUT2D eigenvalue weighted by Gasteiger charge is 2.06. The van der Waals surface area contributed by atoms with Crippen LogP contribution in [0, 0.1) is 6.92 Å². The summed E-state index contributed by atoms with van der Waals surface area (Å²) in [7, 11) is 1.49. The van der Waals surface area contributed by atoms with Crippen molar-refractivity contribution >= 4 is 10.9 Å². The highest BCUT2D eigenvalue weighted by Crippen LogP contribution is 2.30. The van der Waals surface area contributed by atoms with Gasteiger partial charge in [0.25, 0.3) is 0 Å². The van der Waals surface area contributed by atoms with Crippen LogP contribution in [-0.2, 0) is 0 Å². The summed E-state index contributed by atoms with van der Waals surface area (Å²) in [6.45, 7) is 1.84. The van der Waals surface area contributed by atoms with Crippen molar-refractivity contribution in [2.45, 2.75) is 6.92 Å². The van der Waals surface area contributed by atoms with Gasteiger partial charge in [-0.25, -0.2) is 0 Å². The summed E-state index contributed by atoms with van der Waals surface area (Å²) in [5.41, 5.74) is 1.29. The molecule has 0 aliphatic heterocycles. The van der Waals surface area contributed by atoms with E-state index in [9.17, 15) is 9.90 Å². The molecule has 78 valence electrons. The number of hydrogen-bond donors (Lipinski definition) is 2. The molecule has 0 aliphatic rings. The average molecular weight is 205 g/mol. The van der Waals surface area contributed by atoms with Crippen molar-refractivity contribution in [2.75, 3.05) is 7.11 Å². The molecule has 0 spiro atoms. The number of aromatic hydroxyl groups is 1. The number of benzene rings is 1. The van der Waals surface area contributed by atoms with Gasteiger partial charge in [0.15, 0.2) is 11.5 Å². The van der Waals surface area contributed by atoms with E-state index < -0.39 is 0 Å². The molecule has 1 heterocycles. The minimum atomic E-state index is -0.176. The van der Waals surface area contributed by atoms with Gasteiger partial charge in [-0.15, -0.1) is 0 Å². The molecule has 0 unspecified atom stereocenters. The molecule has 2 rings (SSSR count). The molecule has 0 aliphatic carbocycles. The van der Waals surface area contributed by atoms with E-state index in [4.69, 9.17) is 4.74 Å². The van der Waals surface area contributed by atoms with E-state index in [1.54, 1.807) is 6.07 Å². The lowest BCUT2D eigenvalue weighted by atomic mass is 10.1. The third-order valence-corrected chi connectivity index (χ3v) is 2.35. The second-order valence-corrected chi connectivity index (χ2v) is 3.39. The Hall–Kier alpha value is -1.97. The molecule has 0 radical (unpaired) electrons. The van der Waals surface area contributed by atoms with Crippen LogP contribution in [-0.4, -0.2) is 17.2 Å². The zero-order valence-corrected chi connectivity index (χ0v) is 8.50. The van der Waals surface area contributed by atoms with Gasteiger partial charge in [0.2, 0.25) is 5.56 Å². The monoisotopic (exact) mass is 205 g/mol. The molecule has 2 N–H and O–H groups in total. The van der Waals surface area contributed by atoms with Crippen LogP contribution >= 0.6 is 0 Å². The van der Waals surface area contributed by atoms with Crippen LogP contribution in [0.5, 0.6) is 11.5 Å². The number of nitrogens with one attached hydrogen (secondary N) is 1. The first-order valence-corrected chi connectivity index (χ1v) is 4.52. The van der Waals surface area contributed by atoms with Crippen molar-refractivity contribution in [3.63, 3.8) is 0 Å². The largest absolute Gasteiger partial charge is 0.504 e. The van der Waals surface area contributed by atoms with E-state index in [2.05, 4.69) is 4.98 Å². The maximum Gasteiger partial charge on any atom is 0.248 e. The number of pyridine rings is 1. The predicted molar refractivity (Wildman–Crippen MR) is 57.5 cm³/mol. The highest BCUT2D eigenvalue weighted by molar-refractivity contribution is 5.85. The topological polar surface area (TPSA) is 62.3 Å². The molecule has 4 heteroatoms. The third kappa shape index (κ3) is 1.54. The van der Waals surface area contributed by atoms with Crippen LogP contribution in [0.1, 0.15) is 5.56 Å². The van der Waals surface area contributed by atoms with Crippen LogP contribution in [0.3, 0.4) is 0 Å². The van der Waals surface area contributed by atoms with Crippen molar-refractivity contribution in [2.24, 2.45) is 0 Å². The Morgan fingerprint density at radius 2 is 2.07 bits per heavy atom. The summed E-state index contributed by atoms with van der Waals surface area (Å²) in [6.07, 6.45) is 0. The smallest absolute Gasteiger partial charge is 0.248 e.